The van der Waals surface area contributed by atoms with Crippen molar-refractivity contribution in [1.29, 1.82) is 0 Å². The van der Waals surface area contributed by atoms with Crippen molar-refractivity contribution in [2.24, 2.45) is 4.99 Å². The molecule has 1 aromatic rings. The number of β-amino-alcohol motifs (C(OH)–C–C–N with tert-alkyl or cyclic N) is 1. The number of ether oxygens (including phenoxy) is 2. The molecule has 3 amide bonds. The third-order valence-electron chi connectivity index (χ3n) is 5.37. The third kappa shape index (κ3) is 4.52. The molecular formula is C19H23Cl2N5O5. The zero-order chi connectivity index (χ0) is 22.1. The molecule has 3 atom stereocenters. The van der Waals surface area contributed by atoms with E-state index in [-0.39, 0.29) is 13.2 Å². The van der Waals surface area contributed by atoms with Crippen molar-refractivity contribution in [1.82, 2.24) is 20.0 Å². The molecule has 0 aliphatic carbocycles. The predicted molar refractivity (Wildman–Crippen MR) is 113 cm³/mol. The number of aliphatic hydroxyl groups is 1. The SMILES string of the molecule is CN1C(=O)NC(=O)C2C1N=C(N1CCOCC1)N2CC(O)COc1ccc(Cl)cc1Cl. The Balaban J connectivity index is 1.50. The number of hydrogen-bond acceptors (Lipinski definition) is 8. The standard InChI is InChI=1S/C19H23Cl2N5O5/c1-24-16-15(17(28)23-19(24)29)26(18(22-16)25-4-6-30-7-5-25)9-12(27)10-31-14-3-2-11(20)8-13(14)21/h2-3,8,12,15-16,27H,4-7,9-10H2,1H3,(H,23,28,29). The number of aliphatic imine (C=N–C) groups is 1. The number of hydrogen-bond donors (Lipinski definition) is 2. The number of carbonyl (C=O) groups excluding carboxylic acids is 2. The maximum absolute atomic E-state index is 12.6. The van der Waals surface area contributed by atoms with Gasteiger partial charge in [-0.1, -0.05) is 23.2 Å². The Labute approximate surface area is 189 Å². The van der Waals surface area contributed by atoms with E-state index in [1.54, 1.807) is 30.1 Å². The number of rotatable bonds is 5. The number of imide groups is 1. The van der Waals surface area contributed by atoms with Gasteiger partial charge in [0.2, 0.25) is 0 Å². The molecule has 4 rings (SSSR count). The fraction of sp³-hybridized carbons (Fsp3) is 0.526. The lowest BCUT2D eigenvalue weighted by Gasteiger charge is -2.39. The summed E-state index contributed by atoms with van der Waals surface area (Å²) < 4.78 is 11.1. The van der Waals surface area contributed by atoms with Crippen molar-refractivity contribution < 1.29 is 24.2 Å². The topological polar surface area (TPSA) is 107 Å². The second-order valence-electron chi connectivity index (χ2n) is 7.48. The summed E-state index contributed by atoms with van der Waals surface area (Å²) in [5.41, 5.74) is 0. The van der Waals surface area contributed by atoms with Gasteiger partial charge in [-0.3, -0.25) is 10.1 Å². The Morgan fingerprint density at radius 2 is 2.06 bits per heavy atom. The van der Waals surface area contributed by atoms with Gasteiger partial charge in [-0.15, -0.1) is 0 Å². The molecule has 1 aromatic carbocycles. The highest BCUT2D eigenvalue weighted by Gasteiger charge is 2.50. The summed E-state index contributed by atoms with van der Waals surface area (Å²) in [6, 6.07) is 3.58. The number of urea groups is 1. The molecule has 10 nitrogen and oxygen atoms in total. The van der Waals surface area contributed by atoms with E-state index in [2.05, 4.69) is 10.3 Å². The second-order valence-corrected chi connectivity index (χ2v) is 8.33. The zero-order valence-corrected chi connectivity index (χ0v) is 18.3. The molecule has 3 aliphatic heterocycles. The number of carbonyl (C=O) groups is 2. The van der Waals surface area contributed by atoms with Gasteiger partial charge < -0.3 is 29.3 Å². The van der Waals surface area contributed by atoms with Crippen LogP contribution in [0.2, 0.25) is 10.0 Å². The van der Waals surface area contributed by atoms with E-state index in [0.717, 1.165) is 0 Å². The molecule has 168 valence electrons. The lowest BCUT2D eigenvalue weighted by atomic mass is 10.1. The molecule has 0 bridgehead atoms. The van der Waals surface area contributed by atoms with Crippen LogP contribution in [0.3, 0.4) is 0 Å². The monoisotopic (exact) mass is 471 g/mol. The van der Waals surface area contributed by atoms with Crippen LogP contribution in [0.5, 0.6) is 5.75 Å². The molecule has 0 spiro atoms. The number of halogens is 2. The van der Waals surface area contributed by atoms with Gasteiger partial charge in [-0.05, 0) is 18.2 Å². The summed E-state index contributed by atoms with van der Waals surface area (Å²) in [7, 11) is 1.59. The van der Waals surface area contributed by atoms with Crippen molar-refractivity contribution in [3.05, 3.63) is 28.2 Å². The Kier molecular flexibility index (Phi) is 6.42. The number of amides is 3. The highest BCUT2D eigenvalue weighted by Crippen LogP contribution is 2.29. The van der Waals surface area contributed by atoms with Gasteiger partial charge >= 0.3 is 6.03 Å². The van der Waals surface area contributed by atoms with Gasteiger partial charge in [0.15, 0.2) is 18.2 Å². The predicted octanol–water partition coefficient (Wildman–Crippen LogP) is 0.613. The van der Waals surface area contributed by atoms with Crippen LogP contribution in [0.1, 0.15) is 0 Å². The summed E-state index contributed by atoms with van der Waals surface area (Å²) in [6.45, 7) is 2.29. The number of guanidine groups is 1. The highest BCUT2D eigenvalue weighted by atomic mass is 35.5. The van der Waals surface area contributed by atoms with Gasteiger partial charge in [0, 0.05) is 25.2 Å². The minimum atomic E-state index is -0.951. The normalized spacial score (nSPS) is 24.6. The number of benzene rings is 1. The first-order valence-corrected chi connectivity index (χ1v) is 10.6. The van der Waals surface area contributed by atoms with Crippen LogP contribution >= 0.6 is 23.2 Å². The van der Waals surface area contributed by atoms with Crippen molar-refractivity contribution in [2.45, 2.75) is 18.3 Å². The molecule has 12 heteroatoms. The lowest BCUT2D eigenvalue weighted by Crippen LogP contribution is -2.65. The third-order valence-corrected chi connectivity index (χ3v) is 5.90. The van der Waals surface area contributed by atoms with E-state index < -0.39 is 30.2 Å². The van der Waals surface area contributed by atoms with Crippen LogP contribution in [0.15, 0.2) is 23.2 Å². The van der Waals surface area contributed by atoms with E-state index in [1.165, 1.54) is 4.90 Å². The van der Waals surface area contributed by atoms with Crippen molar-refractivity contribution >= 4 is 41.1 Å². The first-order chi connectivity index (χ1) is 14.8. The summed E-state index contributed by atoms with van der Waals surface area (Å²) in [4.78, 5) is 34.5. The smallest absolute Gasteiger partial charge is 0.325 e. The summed E-state index contributed by atoms with van der Waals surface area (Å²) in [5.74, 6) is 0.500. The van der Waals surface area contributed by atoms with Crippen LogP contribution in [0.25, 0.3) is 0 Å². The average Bonchev–Trinajstić information content (AvgIpc) is 3.12. The summed E-state index contributed by atoms with van der Waals surface area (Å²) in [5, 5.41) is 13.8. The number of nitrogens with one attached hydrogen (secondary N) is 1. The van der Waals surface area contributed by atoms with Gasteiger partial charge in [-0.2, -0.15) is 0 Å². The van der Waals surface area contributed by atoms with Crippen LogP contribution in [0, 0.1) is 0 Å². The van der Waals surface area contributed by atoms with E-state index in [4.69, 9.17) is 32.7 Å². The number of morpholine rings is 1. The zero-order valence-electron chi connectivity index (χ0n) is 16.8. The van der Waals surface area contributed by atoms with E-state index >= 15 is 0 Å². The second kappa shape index (κ2) is 9.07. The first kappa shape index (κ1) is 21.9. The van der Waals surface area contributed by atoms with Crippen LogP contribution in [0.4, 0.5) is 4.79 Å². The van der Waals surface area contributed by atoms with Crippen LogP contribution in [-0.2, 0) is 9.53 Å². The summed E-state index contributed by atoms with van der Waals surface area (Å²) in [6.07, 6.45) is -1.62. The maximum Gasteiger partial charge on any atom is 0.325 e. The number of aliphatic hydroxyl groups excluding tert-OH is 1. The Morgan fingerprint density at radius 3 is 2.77 bits per heavy atom. The molecule has 2 fully saturated rings. The molecule has 3 heterocycles. The van der Waals surface area contributed by atoms with Crippen molar-refractivity contribution in [3.8, 4) is 5.75 Å². The minimum Gasteiger partial charge on any atom is -0.489 e. The first-order valence-electron chi connectivity index (χ1n) is 9.86. The number of fused-ring (bicyclic) bond motifs is 1. The molecule has 0 saturated carbocycles. The van der Waals surface area contributed by atoms with E-state index in [1.807, 2.05) is 4.90 Å². The van der Waals surface area contributed by atoms with E-state index in [9.17, 15) is 14.7 Å². The minimum absolute atomic E-state index is 0.0536. The van der Waals surface area contributed by atoms with Crippen LogP contribution < -0.4 is 10.1 Å². The fourth-order valence-corrected chi connectivity index (χ4v) is 4.25. The summed E-state index contributed by atoms with van der Waals surface area (Å²) >= 11 is 12.0. The molecule has 31 heavy (non-hydrogen) atoms. The van der Waals surface area contributed by atoms with Gasteiger partial charge in [0.25, 0.3) is 5.91 Å². The Bertz CT molecular complexity index is 894. The quantitative estimate of drug-likeness (QED) is 0.647. The Morgan fingerprint density at radius 1 is 1.32 bits per heavy atom. The Hall–Kier alpha value is -2.27. The molecule has 2 saturated heterocycles. The molecule has 2 N–H and O–H groups in total. The lowest BCUT2D eigenvalue weighted by molar-refractivity contribution is -0.127. The average molecular weight is 472 g/mol. The fourth-order valence-electron chi connectivity index (χ4n) is 3.79. The van der Waals surface area contributed by atoms with E-state index in [0.29, 0.717) is 48.1 Å². The molecule has 0 radical (unpaired) electrons. The number of likely N-dealkylation sites (N-methyl/N-ethyl adjacent to an activating group) is 1. The maximum atomic E-state index is 12.6. The molecule has 3 aliphatic rings. The molecule has 3 unspecified atom stereocenters. The molecule has 0 aromatic heterocycles. The van der Waals surface area contributed by atoms with Gasteiger partial charge in [-0.25, -0.2) is 9.79 Å². The van der Waals surface area contributed by atoms with Crippen molar-refractivity contribution in [2.75, 3.05) is 46.5 Å². The largest absolute Gasteiger partial charge is 0.489 e. The van der Waals surface area contributed by atoms with Crippen molar-refractivity contribution in [3.63, 3.8) is 0 Å². The van der Waals surface area contributed by atoms with Gasteiger partial charge in [0.1, 0.15) is 18.5 Å². The van der Waals surface area contributed by atoms with Gasteiger partial charge in [0.05, 0.1) is 24.8 Å². The number of nitrogens with zero attached hydrogens (tertiary/aromatic N) is 4. The highest BCUT2D eigenvalue weighted by molar-refractivity contribution is 6.35. The van der Waals surface area contributed by atoms with Crippen LogP contribution in [-0.4, -0.2) is 103 Å². The molecular weight excluding hydrogens is 449 g/mol.